The molecule has 2 amide bonds. The monoisotopic (exact) mass is 377 g/mol. The van der Waals surface area contributed by atoms with Crippen molar-refractivity contribution in [1.29, 1.82) is 0 Å². The molecule has 146 valence electrons. The van der Waals surface area contributed by atoms with E-state index in [1.54, 1.807) is 0 Å². The number of amides is 2. The molecule has 0 spiro atoms. The molecule has 1 aliphatic rings. The van der Waals surface area contributed by atoms with Crippen molar-refractivity contribution in [3.63, 3.8) is 0 Å². The SMILES string of the molecule is CCCCNC(=O)C1CCN(C(=O)c2cc(C(=O)O)cc([N+](=O)[O-])c2)CC1. The van der Waals surface area contributed by atoms with Gasteiger partial charge in [0.25, 0.3) is 11.6 Å². The Kier molecular flexibility index (Phi) is 6.86. The number of carboxylic acids is 1. The molecule has 0 radical (unpaired) electrons. The molecule has 2 rings (SSSR count). The molecular weight excluding hydrogens is 354 g/mol. The number of aromatic carboxylic acids is 1. The molecule has 1 aromatic carbocycles. The van der Waals surface area contributed by atoms with E-state index < -0.39 is 22.5 Å². The average molecular weight is 377 g/mol. The summed E-state index contributed by atoms with van der Waals surface area (Å²) in [6.45, 7) is 3.37. The molecule has 0 bridgehead atoms. The minimum absolute atomic E-state index is 0.0148. The van der Waals surface area contributed by atoms with E-state index in [4.69, 9.17) is 5.11 Å². The van der Waals surface area contributed by atoms with Crippen molar-refractivity contribution in [3.8, 4) is 0 Å². The maximum absolute atomic E-state index is 12.6. The predicted molar refractivity (Wildman–Crippen MR) is 96.6 cm³/mol. The zero-order chi connectivity index (χ0) is 20.0. The molecule has 0 aliphatic carbocycles. The van der Waals surface area contributed by atoms with Crippen LogP contribution in [0.1, 0.15) is 53.3 Å². The Morgan fingerprint density at radius 3 is 2.41 bits per heavy atom. The molecule has 9 heteroatoms. The smallest absolute Gasteiger partial charge is 0.335 e. The molecule has 1 aromatic rings. The number of hydrogen-bond donors (Lipinski definition) is 2. The zero-order valence-corrected chi connectivity index (χ0v) is 15.1. The Balaban J connectivity index is 2.04. The highest BCUT2D eigenvalue weighted by molar-refractivity contribution is 5.98. The van der Waals surface area contributed by atoms with E-state index in [-0.39, 0.29) is 23.0 Å². The van der Waals surface area contributed by atoms with Crippen molar-refractivity contribution >= 4 is 23.5 Å². The van der Waals surface area contributed by atoms with Crippen molar-refractivity contribution in [3.05, 3.63) is 39.4 Å². The molecule has 9 nitrogen and oxygen atoms in total. The van der Waals surface area contributed by atoms with Gasteiger partial charge in [-0.05, 0) is 25.3 Å². The molecule has 2 N–H and O–H groups in total. The molecular formula is C18H23N3O6. The summed E-state index contributed by atoms with van der Waals surface area (Å²) in [5.41, 5.74) is -0.784. The minimum Gasteiger partial charge on any atom is -0.478 e. The van der Waals surface area contributed by atoms with E-state index in [2.05, 4.69) is 5.32 Å². The molecule has 27 heavy (non-hydrogen) atoms. The standard InChI is InChI=1S/C18H23N3O6/c1-2-3-6-19-16(22)12-4-7-20(8-5-12)17(23)13-9-14(18(24)25)11-15(10-13)21(26)27/h9-12H,2-8H2,1H3,(H,19,22)(H,24,25). The third-order valence-corrected chi connectivity index (χ3v) is 4.61. The number of carbonyl (C=O) groups excluding carboxylic acids is 2. The number of non-ortho nitro benzene ring substituents is 1. The van der Waals surface area contributed by atoms with Gasteiger partial charge in [0.05, 0.1) is 10.5 Å². The van der Waals surface area contributed by atoms with Gasteiger partial charge in [-0.1, -0.05) is 13.3 Å². The Hall–Kier alpha value is -2.97. The fraction of sp³-hybridized carbons (Fsp3) is 0.500. The summed E-state index contributed by atoms with van der Waals surface area (Å²) in [6, 6.07) is 3.14. The van der Waals surface area contributed by atoms with Gasteiger partial charge in [0.2, 0.25) is 5.91 Å². The average Bonchev–Trinajstić information content (AvgIpc) is 2.67. The van der Waals surface area contributed by atoms with Gasteiger partial charge in [-0.15, -0.1) is 0 Å². The van der Waals surface area contributed by atoms with Gasteiger partial charge in [-0.3, -0.25) is 19.7 Å². The number of unbranched alkanes of at least 4 members (excludes halogenated alkanes) is 1. The van der Waals surface area contributed by atoms with E-state index in [0.717, 1.165) is 31.0 Å². The number of benzene rings is 1. The Morgan fingerprint density at radius 2 is 1.85 bits per heavy atom. The summed E-state index contributed by atoms with van der Waals surface area (Å²) in [4.78, 5) is 47.7. The van der Waals surface area contributed by atoms with Crippen LogP contribution in [0.15, 0.2) is 18.2 Å². The maximum Gasteiger partial charge on any atom is 0.335 e. The number of rotatable bonds is 7. The number of carboxylic acid groups (broad SMARTS) is 1. The third kappa shape index (κ3) is 5.25. The highest BCUT2D eigenvalue weighted by atomic mass is 16.6. The number of likely N-dealkylation sites (tertiary alicyclic amines) is 1. The minimum atomic E-state index is -1.34. The van der Waals surface area contributed by atoms with Crippen molar-refractivity contribution in [2.45, 2.75) is 32.6 Å². The zero-order valence-electron chi connectivity index (χ0n) is 15.1. The number of nitrogens with zero attached hydrogens (tertiary/aromatic N) is 2. The van der Waals surface area contributed by atoms with Crippen molar-refractivity contribution in [2.75, 3.05) is 19.6 Å². The molecule has 0 saturated carbocycles. The first-order chi connectivity index (χ1) is 12.8. The van der Waals surface area contributed by atoms with Crippen LogP contribution in [-0.2, 0) is 4.79 Å². The van der Waals surface area contributed by atoms with Crippen LogP contribution in [0.2, 0.25) is 0 Å². The lowest BCUT2D eigenvalue weighted by Crippen LogP contribution is -2.43. The van der Waals surface area contributed by atoms with E-state index in [1.807, 2.05) is 6.92 Å². The van der Waals surface area contributed by atoms with Crippen LogP contribution in [0.5, 0.6) is 0 Å². The summed E-state index contributed by atoms with van der Waals surface area (Å²) in [7, 11) is 0. The van der Waals surface area contributed by atoms with Gasteiger partial charge in [0, 0.05) is 43.2 Å². The van der Waals surface area contributed by atoms with E-state index in [1.165, 1.54) is 4.90 Å². The summed E-state index contributed by atoms with van der Waals surface area (Å²) in [5.74, 6) is -1.98. The molecule has 1 saturated heterocycles. The number of piperidine rings is 1. The van der Waals surface area contributed by atoms with E-state index >= 15 is 0 Å². The maximum atomic E-state index is 12.6. The molecule has 1 fully saturated rings. The predicted octanol–water partition coefficient (Wildman–Crippen LogP) is 2.06. The normalized spacial score (nSPS) is 14.6. The molecule has 1 heterocycles. The molecule has 0 unspecified atom stereocenters. The first kappa shape index (κ1) is 20.3. The third-order valence-electron chi connectivity index (χ3n) is 4.61. The summed E-state index contributed by atoms with van der Waals surface area (Å²) in [6.07, 6.45) is 2.92. The Bertz CT molecular complexity index is 708. The van der Waals surface area contributed by atoms with Gasteiger partial charge >= 0.3 is 5.97 Å². The number of hydrogen-bond acceptors (Lipinski definition) is 5. The first-order valence-electron chi connectivity index (χ1n) is 8.93. The van der Waals surface area contributed by atoms with Crippen LogP contribution < -0.4 is 5.32 Å². The quantitative estimate of drug-likeness (QED) is 0.425. The Labute approximate surface area is 156 Å². The van der Waals surface area contributed by atoms with Gasteiger partial charge in [-0.25, -0.2) is 4.79 Å². The van der Waals surface area contributed by atoms with Crippen molar-refractivity contribution < 1.29 is 24.4 Å². The molecule has 1 aliphatic heterocycles. The summed E-state index contributed by atoms with van der Waals surface area (Å²) in [5, 5.41) is 23.0. The summed E-state index contributed by atoms with van der Waals surface area (Å²) < 4.78 is 0. The van der Waals surface area contributed by atoms with Crippen molar-refractivity contribution in [2.24, 2.45) is 5.92 Å². The Morgan fingerprint density at radius 1 is 1.22 bits per heavy atom. The number of nitro benzene ring substituents is 1. The van der Waals surface area contributed by atoms with Crippen molar-refractivity contribution in [1.82, 2.24) is 10.2 Å². The molecule has 0 atom stereocenters. The second kappa shape index (κ2) is 9.11. The van der Waals surface area contributed by atoms with Gasteiger partial charge in [0.1, 0.15) is 0 Å². The second-order valence-corrected chi connectivity index (χ2v) is 6.54. The van der Waals surface area contributed by atoms with Crippen LogP contribution in [0.25, 0.3) is 0 Å². The van der Waals surface area contributed by atoms with E-state index in [9.17, 15) is 24.5 Å². The van der Waals surface area contributed by atoms with Crippen LogP contribution in [0.4, 0.5) is 5.69 Å². The van der Waals surface area contributed by atoms with Gasteiger partial charge in [0.15, 0.2) is 0 Å². The van der Waals surface area contributed by atoms with Crippen LogP contribution in [0, 0.1) is 16.0 Å². The highest BCUT2D eigenvalue weighted by Crippen LogP contribution is 2.22. The number of nitrogens with one attached hydrogen (secondary N) is 1. The first-order valence-corrected chi connectivity index (χ1v) is 8.93. The molecule has 0 aromatic heterocycles. The lowest BCUT2D eigenvalue weighted by Gasteiger charge is -2.31. The van der Waals surface area contributed by atoms with E-state index in [0.29, 0.717) is 32.5 Å². The van der Waals surface area contributed by atoms with Crippen LogP contribution in [-0.4, -0.2) is 52.3 Å². The van der Waals surface area contributed by atoms with Gasteiger partial charge in [-0.2, -0.15) is 0 Å². The lowest BCUT2D eigenvalue weighted by atomic mass is 9.95. The number of nitro groups is 1. The number of carbonyl (C=O) groups is 3. The van der Waals surface area contributed by atoms with Gasteiger partial charge < -0.3 is 15.3 Å². The highest BCUT2D eigenvalue weighted by Gasteiger charge is 2.28. The lowest BCUT2D eigenvalue weighted by molar-refractivity contribution is -0.384. The topological polar surface area (TPSA) is 130 Å². The summed E-state index contributed by atoms with van der Waals surface area (Å²) >= 11 is 0. The largest absolute Gasteiger partial charge is 0.478 e. The second-order valence-electron chi connectivity index (χ2n) is 6.54. The van der Waals surface area contributed by atoms with Crippen LogP contribution in [0.3, 0.4) is 0 Å². The van der Waals surface area contributed by atoms with Crippen LogP contribution >= 0.6 is 0 Å². The fourth-order valence-electron chi connectivity index (χ4n) is 3.02. The fourth-order valence-corrected chi connectivity index (χ4v) is 3.02.